The summed E-state index contributed by atoms with van der Waals surface area (Å²) in [6.45, 7) is 3.53. The molecule has 1 aromatic carbocycles. The molecule has 1 rings (SSSR count). The van der Waals surface area contributed by atoms with Gasteiger partial charge in [0.1, 0.15) is 0 Å². The van der Waals surface area contributed by atoms with Crippen LogP contribution in [0.2, 0.25) is 0 Å². The number of carboxylic acids is 1. The summed E-state index contributed by atoms with van der Waals surface area (Å²) in [7, 11) is 4.01. The smallest absolute Gasteiger partial charge is 0.309 e. The number of rotatable bonds is 5. The topological polar surface area (TPSA) is 40.5 Å². The van der Waals surface area contributed by atoms with Crippen molar-refractivity contribution in [1.82, 2.24) is 0 Å². The number of benzene rings is 1. The molecular formula is C14H21NO2. The zero-order valence-electron chi connectivity index (χ0n) is 11.0. The number of carbonyl (C=O) groups is 1. The van der Waals surface area contributed by atoms with E-state index in [0.717, 1.165) is 12.1 Å². The van der Waals surface area contributed by atoms with Crippen LogP contribution in [-0.4, -0.2) is 25.2 Å². The fourth-order valence-electron chi connectivity index (χ4n) is 1.52. The summed E-state index contributed by atoms with van der Waals surface area (Å²) in [5.74, 6) is -0.734. The van der Waals surface area contributed by atoms with E-state index >= 15 is 0 Å². The Morgan fingerprint density at radius 2 is 1.76 bits per heavy atom. The average Bonchev–Trinajstić information content (AvgIpc) is 2.27. The molecule has 94 valence electrons. The zero-order valence-corrected chi connectivity index (χ0v) is 11.0. The second kappa shape index (κ2) is 5.21. The van der Waals surface area contributed by atoms with Crippen molar-refractivity contribution < 1.29 is 9.90 Å². The van der Waals surface area contributed by atoms with E-state index in [2.05, 4.69) is 24.3 Å². The van der Waals surface area contributed by atoms with Crippen LogP contribution < -0.4 is 4.90 Å². The molecule has 1 N–H and O–H groups in total. The van der Waals surface area contributed by atoms with Crippen molar-refractivity contribution >= 4 is 11.7 Å². The maximum Gasteiger partial charge on any atom is 0.309 e. The van der Waals surface area contributed by atoms with Crippen LogP contribution in [0.25, 0.3) is 0 Å². The third-order valence-electron chi connectivity index (χ3n) is 3.07. The number of nitrogens with zero attached hydrogens (tertiary/aromatic N) is 1. The molecule has 0 radical (unpaired) electrons. The van der Waals surface area contributed by atoms with Crippen LogP contribution >= 0.6 is 0 Å². The fraction of sp³-hybridized carbons (Fsp3) is 0.500. The Morgan fingerprint density at radius 1 is 1.24 bits per heavy atom. The standard InChI is InChI=1S/C14H21NO2/c1-14(2,13(16)17)10-9-11-5-7-12(8-6-11)15(3)4/h5-8H,9-10H2,1-4H3,(H,16,17). The van der Waals surface area contributed by atoms with Gasteiger partial charge >= 0.3 is 5.97 Å². The van der Waals surface area contributed by atoms with Gasteiger partial charge in [0.2, 0.25) is 0 Å². The van der Waals surface area contributed by atoms with Gasteiger partial charge in [-0.2, -0.15) is 0 Å². The van der Waals surface area contributed by atoms with Crippen LogP contribution in [0, 0.1) is 5.41 Å². The molecule has 0 aliphatic carbocycles. The highest BCUT2D eigenvalue weighted by Gasteiger charge is 2.26. The predicted octanol–water partition coefficient (Wildman–Crippen LogP) is 2.80. The second-order valence-corrected chi connectivity index (χ2v) is 5.25. The average molecular weight is 235 g/mol. The number of aryl methyl sites for hydroxylation is 1. The quantitative estimate of drug-likeness (QED) is 0.853. The van der Waals surface area contributed by atoms with E-state index in [-0.39, 0.29) is 0 Å². The van der Waals surface area contributed by atoms with Crippen molar-refractivity contribution in [2.75, 3.05) is 19.0 Å². The van der Waals surface area contributed by atoms with Crippen molar-refractivity contribution in [2.24, 2.45) is 5.41 Å². The number of hydrogen-bond acceptors (Lipinski definition) is 2. The summed E-state index contributed by atoms with van der Waals surface area (Å²) in [6.07, 6.45) is 1.46. The van der Waals surface area contributed by atoms with Gasteiger partial charge in [-0.3, -0.25) is 4.79 Å². The summed E-state index contributed by atoms with van der Waals surface area (Å²) in [4.78, 5) is 13.0. The van der Waals surface area contributed by atoms with E-state index in [1.54, 1.807) is 13.8 Å². The van der Waals surface area contributed by atoms with Gasteiger partial charge in [0.15, 0.2) is 0 Å². The number of carboxylic acid groups (broad SMARTS) is 1. The molecule has 0 bridgehead atoms. The van der Waals surface area contributed by atoms with Crippen LogP contribution in [0.15, 0.2) is 24.3 Å². The SMILES string of the molecule is CN(C)c1ccc(CCC(C)(C)C(=O)O)cc1. The lowest BCUT2D eigenvalue weighted by molar-refractivity contribution is -0.147. The first-order chi connectivity index (χ1) is 7.83. The Bertz CT molecular complexity index is 380. The molecule has 0 spiro atoms. The number of aliphatic carboxylic acids is 1. The van der Waals surface area contributed by atoms with Crippen molar-refractivity contribution in [2.45, 2.75) is 26.7 Å². The van der Waals surface area contributed by atoms with Gasteiger partial charge in [0.25, 0.3) is 0 Å². The fourth-order valence-corrected chi connectivity index (χ4v) is 1.52. The van der Waals surface area contributed by atoms with E-state index in [1.807, 2.05) is 19.0 Å². The lowest BCUT2D eigenvalue weighted by Gasteiger charge is -2.19. The van der Waals surface area contributed by atoms with Crippen molar-refractivity contribution in [3.8, 4) is 0 Å². The number of hydrogen-bond donors (Lipinski definition) is 1. The maximum absolute atomic E-state index is 11.0. The first-order valence-corrected chi connectivity index (χ1v) is 5.82. The van der Waals surface area contributed by atoms with Gasteiger partial charge in [0, 0.05) is 19.8 Å². The lowest BCUT2D eigenvalue weighted by Crippen LogP contribution is -2.24. The highest BCUT2D eigenvalue weighted by molar-refractivity contribution is 5.73. The highest BCUT2D eigenvalue weighted by atomic mass is 16.4. The third kappa shape index (κ3) is 3.77. The van der Waals surface area contributed by atoms with E-state index in [9.17, 15) is 4.79 Å². The van der Waals surface area contributed by atoms with E-state index < -0.39 is 11.4 Å². The largest absolute Gasteiger partial charge is 0.481 e. The molecule has 0 atom stereocenters. The molecule has 0 unspecified atom stereocenters. The van der Waals surface area contributed by atoms with Crippen molar-refractivity contribution in [3.63, 3.8) is 0 Å². The van der Waals surface area contributed by atoms with Crippen molar-refractivity contribution in [3.05, 3.63) is 29.8 Å². The van der Waals surface area contributed by atoms with Crippen LogP contribution in [0.1, 0.15) is 25.8 Å². The van der Waals surface area contributed by atoms with Gasteiger partial charge in [-0.05, 0) is 44.4 Å². The third-order valence-corrected chi connectivity index (χ3v) is 3.07. The van der Waals surface area contributed by atoms with Crippen LogP contribution in [0.3, 0.4) is 0 Å². The van der Waals surface area contributed by atoms with E-state index in [0.29, 0.717) is 6.42 Å². The highest BCUT2D eigenvalue weighted by Crippen LogP contribution is 2.23. The summed E-state index contributed by atoms with van der Waals surface area (Å²) in [5.41, 5.74) is 1.69. The second-order valence-electron chi connectivity index (χ2n) is 5.25. The summed E-state index contributed by atoms with van der Waals surface area (Å²) in [6, 6.07) is 8.24. The van der Waals surface area contributed by atoms with Crippen molar-refractivity contribution in [1.29, 1.82) is 0 Å². The molecule has 3 heteroatoms. The van der Waals surface area contributed by atoms with Gasteiger partial charge < -0.3 is 10.0 Å². The summed E-state index contributed by atoms with van der Waals surface area (Å²) >= 11 is 0. The Balaban J connectivity index is 2.62. The first-order valence-electron chi connectivity index (χ1n) is 5.82. The minimum absolute atomic E-state index is 0.653. The van der Waals surface area contributed by atoms with Crippen LogP contribution in [0.4, 0.5) is 5.69 Å². The first kappa shape index (κ1) is 13.6. The van der Waals surface area contributed by atoms with Gasteiger partial charge in [-0.25, -0.2) is 0 Å². The van der Waals surface area contributed by atoms with Gasteiger partial charge in [-0.15, -0.1) is 0 Å². The molecule has 17 heavy (non-hydrogen) atoms. The predicted molar refractivity (Wildman–Crippen MR) is 70.5 cm³/mol. The Hall–Kier alpha value is -1.51. The van der Waals surface area contributed by atoms with Gasteiger partial charge in [0.05, 0.1) is 5.41 Å². The molecule has 0 fully saturated rings. The molecule has 0 aromatic heterocycles. The maximum atomic E-state index is 11.0. The molecule has 0 saturated heterocycles. The molecule has 3 nitrogen and oxygen atoms in total. The van der Waals surface area contributed by atoms with E-state index in [4.69, 9.17) is 5.11 Å². The molecule has 0 aliphatic heterocycles. The Kier molecular flexibility index (Phi) is 4.16. The molecule has 0 saturated carbocycles. The summed E-state index contributed by atoms with van der Waals surface area (Å²) < 4.78 is 0. The molecular weight excluding hydrogens is 214 g/mol. The minimum atomic E-state index is -0.734. The van der Waals surface area contributed by atoms with Gasteiger partial charge in [-0.1, -0.05) is 12.1 Å². The zero-order chi connectivity index (χ0) is 13.1. The van der Waals surface area contributed by atoms with E-state index in [1.165, 1.54) is 5.56 Å². The molecule has 1 aromatic rings. The summed E-state index contributed by atoms with van der Waals surface area (Å²) in [5, 5.41) is 9.03. The molecule has 0 heterocycles. The minimum Gasteiger partial charge on any atom is -0.481 e. The Morgan fingerprint density at radius 3 is 2.18 bits per heavy atom. The van der Waals surface area contributed by atoms with Crippen LogP contribution in [0.5, 0.6) is 0 Å². The number of anilines is 1. The normalized spacial score (nSPS) is 11.3. The molecule has 0 aliphatic rings. The molecule has 0 amide bonds. The lowest BCUT2D eigenvalue weighted by atomic mass is 9.86. The Labute approximate surface area is 103 Å². The monoisotopic (exact) mass is 235 g/mol. The van der Waals surface area contributed by atoms with Crippen LogP contribution in [-0.2, 0) is 11.2 Å².